The van der Waals surface area contributed by atoms with Crippen LogP contribution in [0.25, 0.3) is 0 Å². The van der Waals surface area contributed by atoms with Gasteiger partial charge in [0.05, 0.1) is 0 Å². The van der Waals surface area contributed by atoms with Gasteiger partial charge in [0.2, 0.25) is 0 Å². The first-order chi connectivity index (χ1) is 29.6. The molecule has 0 amide bonds. The van der Waals surface area contributed by atoms with Gasteiger partial charge in [-0.2, -0.15) is 0 Å². The largest absolute Gasteiger partial charge is 0.311 e. The summed E-state index contributed by atoms with van der Waals surface area (Å²) in [7, 11) is 0. The molecule has 0 N–H and O–H groups in total. The van der Waals surface area contributed by atoms with Crippen molar-refractivity contribution in [3.63, 3.8) is 0 Å². The van der Waals surface area contributed by atoms with Gasteiger partial charge in [-0.15, -0.1) is 0 Å². The van der Waals surface area contributed by atoms with Crippen molar-refractivity contribution >= 4 is 34.1 Å². The van der Waals surface area contributed by atoms with Crippen molar-refractivity contribution in [1.29, 1.82) is 0 Å². The summed E-state index contributed by atoms with van der Waals surface area (Å²) in [6.07, 6.45) is 15.3. The molecule has 2 fully saturated rings. The lowest BCUT2D eigenvalue weighted by molar-refractivity contribution is 0.157. The van der Waals surface area contributed by atoms with E-state index in [-0.39, 0.29) is 10.8 Å². The normalized spacial score (nSPS) is 17.6. The fourth-order valence-electron chi connectivity index (χ4n) is 11.6. The maximum atomic E-state index is 2.57. The zero-order chi connectivity index (χ0) is 42.6. The quantitative estimate of drug-likeness (QED) is 0.115. The van der Waals surface area contributed by atoms with Crippen molar-refractivity contribution in [1.82, 2.24) is 0 Å². The summed E-state index contributed by atoms with van der Waals surface area (Å²) >= 11 is 0. The van der Waals surface area contributed by atoms with E-state index in [0.29, 0.717) is 11.3 Å². The number of anilines is 6. The summed E-state index contributed by atoms with van der Waals surface area (Å²) in [5, 5.41) is 0. The molecule has 316 valence electrons. The van der Waals surface area contributed by atoms with Crippen LogP contribution < -0.4 is 9.80 Å². The van der Waals surface area contributed by atoms with Crippen molar-refractivity contribution in [3.05, 3.63) is 179 Å². The van der Waals surface area contributed by atoms with E-state index < -0.39 is 0 Å². The van der Waals surface area contributed by atoms with Crippen LogP contribution in [0.3, 0.4) is 0 Å². The van der Waals surface area contributed by atoms with Gasteiger partial charge in [0.15, 0.2) is 0 Å². The molecule has 2 heteroatoms. The minimum Gasteiger partial charge on any atom is -0.311 e. The summed E-state index contributed by atoms with van der Waals surface area (Å²) in [6.45, 7) is 16.4. The first-order valence-corrected chi connectivity index (χ1v) is 23.7. The van der Waals surface area contributed by atoms with Gasteiger partial charge in [-0.1, -0.05) is 162 Å². The molecule has 6 aromatic rings. The van der Waals surface area contributed by atoms with Gasteiger partial charge in [0.1, 0.15) is 0 Å². The Balaban J connectivity index is 1.15. The van der Waals surface area contributed by atoms with E-state index in [1.165, 1.54) is 138 Å². The molecule has 2 aliphatic carbocycles. The second-order valence-corrected chi connectivity index (χ2v) is 19.2. The van der Waals surface area contributed by atoms with Crippen LogP contribution in [0.1, 0.15) is 138 Å². The van der Waals surface area contributed by atoms with Crippen molar-refractivity contribution < 1.29 is 0 Å². The number of rotatable bonds is 13. The van der Waals surface area contributed by atoms with Crippen LogP contribution in [0.15, 0.2) is 146 Å². The van der Waals surface area contributed by atoms with Crippen molar-refractivity contribution in [2.45, 2.75) is 142 Å². The molecule has 0 radical (unpaired) electrons. The lowest BCUT2D eigenvalue weighted by Crippen LogP contribution is -2.48. The Morgan fingerprint density at radius 1 is 0.443 bits per heavy atom. The van der Waals surface area contributed by atoms with Crippen LogP contribution in [0.5, 0.6) is 0 Å². The maximum Gasteiger partial charge on any atom is 0.0461 e. The zero-order valence-corrected chi connectivity index (χ0v) is 38.3. The number of hydrogen-bond acceptors (Lipinski definition) is 2. The Morgan fingerprint density at radius 2 is 0.770 bits per heavy atom. The van der Waals surface area contributed by atoms with Crippen molar-refractivity contribution in [2.75, 3.05) is 9.80 Å². The van der Waals surface area contributed by atoms with Gasteiger partial charge in [-0.3, -0.25) is 0 Å². The summed E-state index contributed by atoms with van der Waals surface area (Å²) in [5.41, 5.74) is 15.8. The highest BCUT2D eigenvalue weighted by molar-refractivity contribution is 5.78. The van der Waals surface area contributed by atoms with E-state index in [2.05, 4.69) is 204 Å². The second-order valence-electron chi connectivity index (χ2n) is 19.2. The standard InChI is InChI=1S/C59H70N2/c1-8-47(6)58(40-12-10-13-41-58)49-24-36-55(37-25-49)61(53-32-20-46(5)21-33-53)54-34-22-48(23-35-54)57(7,9-2)59(42-14-11-15-43-59)50-26-38-56(39-27-50)60(51-28-16-44(3)17-29-51)52-30-18-45(4)19-31-52/h16-39,47H,8-15,40-43H2,1-7H3. The zero-order valence-electron chi connectivity index (χ0n) is 38.3. The number of nitrogens with zero attached hydrogens (tertiary/aromatic N) is 2. The maximum absolute atomic E-state index is 2.57. The van der Waals surface area contributed by atoms with Gasteiger partial charge in [-0.25, -0.2) is 0 Å². The molecule has 0 aliphatic heterocycles. The number of aryl methyl sites for hydroxylation is 3. The highest BCUT2D eigenvalue weighted by Crippen LogP contribution is 2.55. The van der Waals surface area contributed by atoms with Crippen LogP contribution in [0.2, 0.25) is 0 Å². The minimum absolute atomic E-state index is 0.0375. The van der Waals surface area contributed by atoms with Crippen molar-refractivity contribution in [3.8, 4) is 0 Å². The third kappa shape index (κ3) is 8.20. The smallest absolute Gasteiger partial charge is 0.0461 e. The lowest BCUT2D eigenvalue weighted by atomic mass is 9.51. The fraction of sp³-hybridized carbons (Fsp3) is 0.390. The second kappa shape index (κ2) is 18.1. The minimum atomic E-state index is -0.0400. The van der Waals surface area contributed by atoms with E-state index in [4.69, 9.17) is 0 Å². The Bertz CT molecular complexity index is 2260. The average Bonchev–Trinajstić information content (AvgIpc) is 3.31. The Morgan fingerprint density at radius 3 is 1.13 bits per heavy atom. The van der Waals surface area contributed by atoms with Gasteiger partial charge >= 0.3 is 0 Å². The molecule has 61 heavy (non-hydrogen) atoms. The Hall–Kier alpha value is -5.08. The topological polar surface area (TPSA) is 6.48 Å². The molecule has 2 aliphatic rings. The molecule has 2 atom stereocenters. The molecule has 0 aromatic heterocycles. The predicted molar refractivity (Wildman–Crippen MR) is 263 cm³/mol. The molecule has 2 nitrogen and oxygen atoms in total. The van der Waals surface area contributed by atoms with Gasteiger partial charge in [0, 0.05) is 45.0 Å². The van der Waals surface area contributed by atoms with E-state index in [9.17, 15) is 0 Å². The van der Waals surface area contributed by atoms with Crippen LogP contribution in [0.4, 0.5) is 34.1 Å². The summed E-state index contributed by atoms with van der Waals surface area (Å²) in [5.74, 6) is 0.685. The van der Waals surface area contributed by atoms with E-state index in [1.807, 2.05) is 0 Å². The molecule has 0 bridgehead atoms. The van der Waals surface area contributed by atoms with Crippen LogP contribution in [-0.4, -0.2) is 0 Å². The Labute approximate surface area is 369 Å². The SMILES string of the molecule is CCC(C)C1(c2ccc(N(c3ccc(C)cc3)c3ccc(C(C)(CC)C4(c5ccc(N(c6ccc(C)cc6)c6ccc(C)cc6)cc5)CCCCC4)cc3)cc2)CCCCC1. The monoisotopic (exact) mass is 807 g/mol. The first kappa shape index (κ1) is 42.6. The molecule has 2 unspecified atom stereocenters. The summed E-state index contributed by atoms with van der Waals surface area (Å²) in [6, 6.07) is 56.1. The summed E-state index contributed by atoms with van der Waals surface area (Å²) < 4.78 is 0. The van der Waals surface area contributed by atoms with Gasteiger partial charge in [0.25, 0.3) is 0 Å². The summed E-state index contributed by atoms with van der Waals surface area (Å²) in [4.78, 5) is 4.87. The molecule has 0 heterocycles. The van der Waals surface area contributed by atoms with Gasteiger partial charge in [-0.05, 0) is 154 Å². The third-order valence-corrected chi connectivity index (χ3v) is 15.8. The highest BCUT2D eigenvalue weighted by atomic mass is 15.1. The molecular weight excluding hydrogens is 737 g/mol. The first-order valence-electron chi connectivity index (χ1n) is 23.7. The lowest BCUT2D eigenvalue weighted by Gasteiger charge is -2.52. The average molecular weight is 807 g/mol. The highest BCUT2D eigenvalue weighted by Gasteiger charge is 2.49. The molecule has 0 saturated heterocycles. The van der Waals surface area contributed by atoms with Gasteiger partial charge < -0.3 is 9.80 Å². The fourth-order valence-corrected chi connectivity index (χ4v) is 11.6. The molecule has 8 rings (SSSR count). The number of hydrogen-bond donors (Lipinski definition) is 0. The predicted octanol–water partition coefficient (Wildman–Crippen LogP) is 17.4. The third-order valence-electron chi connectivity index (χ3n) is 15.8. The molecule has 2 saturated carbocycles. The molecular formula is C59H70N2. The van der Waals surface area contributed by atoms with E-state index in [1.54, 1.807) is 0 Å². The molecule has 0 spiro atoms. The van der Waals surface area contributed by atoms with Crippen molar-refractivity contribution in [2.24, 2.45) is 5.92 Å². The van der Waals surface area contributed by atoms with E-state index >= 15 is 0 Å². The van der Waals surface area contributed by atoms with Crippen LogP contribution in [-0.2, 0) is 16.2 Å². The van der Waals surface area contributed by atoms with Crippen LogP contribution >= 0.6 is 0 Å². The van der Waals surface area contributed by atoms with E-state index in [0.717, 1.165) is 6.42 Å². The Kier molecular flexibility index (Phi) is 12.6. The molecule has 6 aromatic carbocycles. The number of benzene rings is 6. The van der Waals surface area contributed by atoms with Crippen LogP contribution in [0, 0.1) is 26.7 Å².